The first-order chi connectivity index (χ1) is 18.4. The van der Waals surface area contributed by atoms with Crippen molar-refractivity contribution in [3.05, 3.63) is 145 Å². The molecule has 1 unspecified atom stereocenters. The molecule has 188 valence electrons. The van der Waals surface area contributed by atoms with E-state index in [2.05, 4.69) is 0 Å². The minimum absolute atomic E-state index is 0.145. The molecule has 5 aromatic carbocycles. The predicted molar refractivity (Wildman–Crippen MR) is 149 cm³/mol. The summed E-state index contributed by atoms with van der Waals surface area (Å²) < 4.78 is 40.2. The van der Waals surface area contributed by atoms with E-state index in [4.69, 9.17) is 4.74 Å². The highest BCUT2D eigenvalue weighted by atomic mass is 32.2. The SMILES string of the molecule is O=C(OC(c1ccccc1)S(=O)(=O)O)c1c(-c2ccccc2)cc(-c2ccccc2)cc1-c1ccccc1. The van der Waals surface area contributed by atoms with Gasteiger partial charge < -0.3 is 4.74 Å². The zero-order valence-corrected chi connectivity index (χ0v) is 21.1. The van der Waals surface area contributed by atoms with Crippen molar-refractivity contribution < 1.29 is 22.5 Å². The van der Waals surface area contributed by atoms with Crippen molar-refractivity contribution in [1.82, 2.24) is 0 Å². The van der Waals surface area contributed by atoms with E-state index in [1.54, 1.807) is 18.2 Å². The van der Waals surface area contributed by atoms with Gasteiger partial charge in [0.1, 0.15) is 0 Å². The maximum absolute atomic E-state index is 13.9. The third-order valence-corrected chi connectivity index (χ3v) is 7.08. The van der Waals surface area contributed by atoms with Gasteiger partial charge in [-0.3, -0.25) is 4.55 Å². The second-order valence-electron chi connectivity index (χ2n) is 8.71. The summed E-state index contributed by atoms with van der Waals surface area (Å²) in [5.74, 6) is -0.867. The molecule has 38 heavy (non-hydrogen) atoms. The molecule has 0 bridgehead atoms. The lowest BCUT2D eigenvalue weighted by Gasteiger charge is -2.20. The van der Waals surface area contributed by atoms with Crippen LogP contribution in [0.4, 0.5) is 0 Å². The molecule has 0 aliphatic carbocycles. The highest BCUT2D eigenvalue weighted by Crippen LogP contribution is 2.39. The van der Waals surface area contributed by atoms with Gasteiger partial charge in [-0.1, -0.05) is 121 Å². The fourth-order valence-corrected chi connectivity index (χ4v) is 5.13. The van der Waals surface area contributed by atoms with Gasteiger partial charge in [-0.05, 0) is 45.5 Å². The van der Waals surface area contributed by atoms with Crippen LogP contribution in [0.5, 0.6) is 0 Å². The zero-order chi connectivity index (χ0) is 26.5. The maximum atomic E-state index is 13.9. The second-order valence-corrected chi connectivity index (χ2v) is 10.2. The van der Waals surface area contributed by atoms with Gasteiger partial charge in [0.15, 0.2) is 0 Å². The molecule has 5 aromatic rings. The molecule has 0 aliphatic heterocycles. The Balaban J connectivity index is 1.75. The molecule has 1 atom stereocenters. The second kappa shape index (κ2) is 10.8. The Hall–Kier alpha value is -4.52. The standard InChI is InChI=1S/C32H24O5S/c33-31(37-32(38(34,35)36)26-19-11-4-12-20-26)30-28(24-15-7-2-8-16-24)21-27(23-13-5-1-6-14-23)22-29(30)25-17-9-3-10-18-25/h1-22,32H,(H,34,35,36). The number of ether oxygens (including phenoxy) is 1. The number of benzene rings is 5. The van der Waals surface area contributed by atoms with Crippen LogP contribution in [-0.2, 0) is 14.9 Å². The van der Waals surface area contributed by atoms with E-state index in [0.29, 0.717) is 11.1 Å². The summed E-state index contributed by atoms with van der Waals surface area (Å²) in [5.41, 5.74) is 3.00. The van der Waals surface area contributed by atoms with Crippen molar-refractivity contribution >= 4 is 16.1 Å². The van der Waals surface area contributed by atoms with Gasteiger partial charge in [0.25, 0.3) is 5.44 Å². The minimum Gasteiger partial charge on any atom is -0.435 e. The van der Waals surface area contributed by atoms with Crippen molar-refractivity contribution in [3.8, 4) is 33.4 Å². The summed E-state index contributed by atoms with van der Waals surface area (Å²) in [5, 5.41) is 0. The first-order valence-corrected chi connectivity index (χ1v) is 13.5. The average molecular weight is 521 g/mol. The molecule has 0 amide bonds. The van der Waals surface area contributed by atoms with Crippen molar-refractivity contribution in [2.24, 2.45) is 0 Å². The van der Waals surface area contributed by atoms with Crippen LogP contribution < -0.4 is 0 Å². The Bertz CT molecular complexity index is 1590. The number of rotatable bonds is 7. The quantitative estimate of drug-likeness (QED) is 0.178. The van der Waals surface area contributed by atoms with E-state index < -0.39 is 21.5 Å². The van der Waals surface area contributed by atoms with Gasteiger partial charge in [-0.2, -0.15) is 8.42 Å². The van der Waals surface area contributed by atoms with E-state index >= 15 is 0 Å². The fourth-order valence-electron chi connectivity index (χ4n) is 4.42. The summed E-state index contributed by atoms with van der Waals surface area (Å²) in [6.45, 7) is 0. The topological polar surface area (TPSA) is 80.7 Å². The van der Waals surface area contributed by atoms with Crippen LogP contribution in [0.3, 0.4) is 0 Å². The van der Waals surface area contributed by atoms with Crippen LogP contribution >= 0.6 is 0 Å². The molecular weight excluding hydrogens is 496 g/mol. The molecular formula is C32H24O5S. The molecule has 5 nitrogen and oxygen atoms in total. The Morgan fingerprint density at radius 2 is 0.974 bits per heavy atom. The van der Waals surface area contributed by atoms with Gasteiger partial charge in [-0.15, -0.1) is 0 Å². The summed E-state index contributed by atoms with van der Waals surface area (Å²) in [6.07, 6.45) is 0. The smallest absolute Gasteiger partial charge is 0.341 e. The number of carbonyl (C=O) groups is 1. The van der Waals surface area contributed by atoms with Crippen LogP contribution in [0.1, 0.15) is 21.4 Å². The summed E-state index contributed by atoms with van der Waals surface area (Å²) in [4.78, 5) is 13.9. The lowest BCUT2D eigenvalue weighted by atomic mass is 9.88. The Labute approximate surface area is 221 Å². The summed E-state index contributed by atoms with van der Waals surface area (Å²) >= 11 is 0. The third-order valence-electron chi connectivity index (χ3n) is 6.18. The molecule has 1 N–H and O–H groups in total. The van der Waals surface area contributed by atoms with E-state index in [-0.39, 0.29) is 11.1 Å². The van der Waals surface area contributed by atoms with Crippen molar-refractivity contribution in [2.45, 2.75) is 5.44 Å². The normalized spacial score (nSPS) is 12.0. The largest absolute Gasteiger partial charge is 0.435 e. The number of hydrogen-bond acceptors (Lipinski definition) is 4. The molecule has 0 fully saturated rings. The van der Waals surface area contributed by atoms with Gasteiger partial charge >= 0.3 is 16.1 Å². The van der Waals surface area contributed by atoms with Crippen molar-refractivity contribution in [2.75, 3.05) is 0 Å². The molecule has 0 spiro atoms. The highest BCUT2D eigenvalue weighted by molar-refractivity contribution is 7.85. The molecule has 6 heteroatoms. The highest BCUT2D eigenvalue weighted by Gasteiger charge is 2.32. The Kier molecular flexibility index (Phi) is 7.18. The number of esters is 1. The lowest BCUT2D eigenvalue weighted by Crippen LogP contribution is -2.20. The van der Waals surface area contributed by atoms with E-state index in [0.717, 1.165) is 22.3 Å². The third kappa shape index (κ3) is 5.42. The van der Waals surface area contributed by atoms with Crippen LogP contribution in [0.2, 0.25) is 0 Å². The Morgan fingerprint density at radius 1 is 0.579 bits per heavy atom. The lowest BCUT2D eigenvalue weighted by molar-refractivity contribution is 0.0429. The molecule has 0 aliphatic rings. The van der Waals surface area contributed by atoms with Gasteiger partial charge in [0, 0.05) is 5.56 Å². The molecule has 5 rings (SSSR count). The van der Waals surface area contributed by atoms with Crippen molar-refractivity contribution in [1.29, 1.82) is 0 Å². The zero-order valence-electron chi connectivity index (χ0n) is 20.3. The van der Waals surface area contributed by atoms with E-state index in [9.17, 15) is 17.8 Å². The van der Waals surface area contributed by atoms with Gasteiger partial charge in [0.05, 0.1) is 5.56 Å². The molecule has 0 aromatic heterocycles. The average Bonchev–Trinajstić information content (AvgIpc) is 2.96. The summed E-state index contributed by atoms with van der Waals surface area (Å²) in [6, 6.07) is 40.3. The van der Waals surface area contributed by atoms with Crippen LogP contribution in [0, 0.1) is 0 Å². The van der Waals surface area contributed by atoms with E-state index in [1.807, 2.05) is 103 Å². The first-order valence-electron chi connectivity index (χ1n) is 12.0. The van der Waals surface area contributed by atoms with E-state index in [1.165, 1.54) is 12.1 Å². The van der Waals surface area contributed by atoms with Crippen LogP contribution in [0.25, 0.3) is 33.4 Å². The minimum atomic E-state index is -4.77. The number of carbonyl (C=O) groups excluding carboxylic acids is 1. The summed E-state index contributed by atoms with van der Waals surface area (Å²) in [7, 11) is -4.77. The van der Waals surface area contributed by atoms with Crippen molar-refractivity contribution in [3.63, 3.8) is 0 Å². The van der Waals surface area contributed by atoms with Gasteiger partial charge in [0.2, 0.25) is 0 Å². The van der Waals surface area contributed by atoms with Gasteiger partial charge in [-0.25, -0.2) is 4.79 Å². The Morgan fingerprint density at radius 3 is 1.39 bits per heavy atom. The maximum Gasteiger partial charge on any atom is 0.341 e. The fraction of sp³-hybridized carbons (Fsp3) is 0.0312. The van der Waals surface area contributed by atoms with Crippen LogP contribution in [0.15, 0.2) is 133 Å². The molecule has 0 heterocycles. The molecule has 0 saturated heterocycles. The molecule has 0 radical (unpaired) electrons. The first kappa shape index (κ1) is 25.1. The monoisotopic (exact) mass is 520 g/mol. The molecule has 0 saturated carbocycles. The predicted octanol–water partition coefficient (Wildman–Crippen LogP) is 7.43. The van der Waals surface area contributed by atoms with Crippen LogP contribution in [-0.4, -0.2) is 18.9 Å². The number of hydrogen-bond donors (Lipinski definition) is 1.